The van der Waals surface area contributed by atoms with Crippen molar-refractivity contribution < 1.29 is 17.9 Å². The second-order valence-electron chi connectivity index (χ2n) is 4.62. The van der Waals surface area contributed by atoms with Crippen LogP contribution in [0.5, 0.6) is 0 Å². The highest BCUT2D eigenvalue weighted by molar-refractivity contribution is 5.31. The van der Waals surface area contributed by atoms with E-state index in [1.165, 1.54) is 12.1 Å². The third-order valence-corrected chi connectivity index (χ3v) is 3.21. The fraction of sp³-hybridized carbons (Fsp3) is 0.538. The number of benzene rings is 1. The number of ether oxygens (including phenoxy) is 1. The molecular formula is C13H16F3NO. The molecule has 0 radical (unpaired) electrons. The third-order valence-electron chi connectivity index (χ3n) is 3.21. The van der Waals surface area contributed by atoms with Crippen LogP contribution in [0.1, 0.15) is 36.9 Å². The Morgan fingerprint density at radius 3 is 2.72 bits per heavy atom. The summed E-state index contributed by atoms with van der Waals surface area (Å²) in [5.41, 5.74) is 5.04. The van der Waals surface area contributed by atoms with Crippen LogP contribution in [-0.4, -0.2) is 12.7 Å². The summed E-state index contributed by atoms with van der Waals surface area (Å²) in [6, 6.07) is 3.31. The summed E-state index contributed by atoms with van der Waals surface area (Å²) in [5, 5.41) is 0. The van der Waals surface area contributed by atoms with Gasteiger partial charge in [-0.05, 0) is 25.8 Å². The maximum atomic E-state index is 14.2. The summed E-state index contributed by atoms with van der Waals surface area (Å²) < 4.78 is 47.4. The topological polar surface area (TPSA) is 35.2 Å². The lowest BCUT2D eigenvalue weighted by atomic mass is 9.96. The van der Waals surface area contributed by atoms with Gasteiger partial charge in [-0.15, -0.1) is 0 Å². The standard InChI is InChI=1S/C13H16F3NO/c1-8(17)9-4-2-5-10(12(9)14)13(15,16)11-6-3-7-18-11/h2,4-5,8,11H,3,6-7,17H2,1H3/t8-,11+/m1/s1. The van der Waals surface area contributed by atoms with E-state index in [0.717, 1.165) is 6.07 Å². The maximum Gasteiger partial charge on any atom is 0.301 e. The van der Waals surface area contributed by atoms with Crippen LogP contribution >= 0.6 is 0 Å². The molecular weight excluding hydrogens is 243 g/mol. The Hall–Kier alpha value is -1.07. The van der Waals surface area contributed by atoms with Gasteiger partial charge in [0.2, 0.25) is 0 Å². The minimum atomic E-state index is -3.31. The van der Waals surface area contributed by atoms with Gasteiger partial charge < -0.3 is 10.5 Å². The number of nitrogens with two attached hydrogens (primary N) is 1. The molecule has 1 fully saturated rings. The molecule has 1 saturated heterocycles. The van der Waals surface area contributed by atoms with Gasteiger partial charge in [0.05, 0.1) is 5.56 Å². The van der Waals surface area contributed by atoms with Crippen molar-refractivity contribution in [2.45, 2.75) is 37.8 Å². The molecule has 2 nitrogen and oxygen atoms in total. The van der Waals surface area contributed by atoms with Gasteiger partial charge in [-0.3, -0.25) is 0 Å². The molecule has 2 N–H and O–H groups in total. The molecule has 0 unspecified atom stereocenters. The van der Waals surface area contributed by atoms with Crippen LogP contribution in [-0.2, 0) is 10.7 Å². The molecule has 2 atom stereocenters. The van der Waals surface area contributed by atoms with Gasteiger partial charge in [-0.25, -0.2) is 4.39 Å². The molecule has 100 valence electrons. The van der Waals surface area contributed by atoms with Crippen LogP contribution in [0, 0.1) is 5.82 Å². The number of hydrogen-bond donors (Lipinski definition) is 1. The van der Waals surface area contributed by atoms with Crippen molar-refractivity contribution in [3.8, 4) is 0 Å². The minimum absolute atomic E-state index is 0.102. The van der Waals surface area contributed by atoms with Crippen LogP contribution < -0.4 is 5.73 Å². The van der Waals surface area contributed by atoms with Crippen molar-refractivity contribution in [2.24, 2.45) is 5.73 Å². The van der Waals surface area contributed by atoms with E-state index in [2.05, 4.69) is 0 Å². The zero-order valence-corrected chi connectivity index (χ0v) is 10.1. The van der Waals surface area contributed by atoms with Gasteiger partial charge in [0.15, 0.2) is 0 Å². The number of hydrogen-bond acceptors (Lipinski definition) is 2. The predicted octanol–water partition coefficient (Wildman–Crippen LogP) is 3.12. The third kappa shape index (κ3) is 2.24. The molecule has 1 aromatic carbocycles. The fourth-order valence-electron chi connectivity index (χ4n) is 2.20. The second-order valence-corrected chi connectivity index (χ2v) is 4.62. The molecule has 0 aliphatic carbocycles. The molecule has 1 heterocycles. The molecule has 1 aromatic rings. The molecule has 0 saturated carbocycles. The molecule has 1 aliphatic heterocycles. The highest BCUT2D eigenvalue weighted by Crippen LogP contribution is 2.40. The van der Waals surface area contributed by atoms with Crippen molar-refractivity contribution in [2.75, 3.05) is 6.61 Å². The first-order chi connectivity index (χ1) is 8.44. The van der Waals surface area contributed by atoms with E-state index < -0.39 is 29.4 Å². The second kappa shape index (κ2) is 4.90. The first-order valence-electron chi connectivity index (χ1n) is 5.98. The van der Waals surface area contributed by atoms with Gasteiger partial charge >= 0.3 is 5.92 Å². The van der Waals surface area contributed by atoms with Crippen molar-refractivity contribution in [3.05, 3.63) is 35.1 Å². The van der Waals surface area contributed by atoms with E-state index in [1.807, 2.05) is 0 Å². The van der Waals surface area contributed by atoms with Crippen molar-refractivity contribution in [1.82, 2.24) is 0 Å². The predicted molar refractivity (Wildman–Crippen MR) is 61.9 cm³/mol. The van der Waals surface area contributed by atoms with Gasteiger partial charge in [0.25, 0.3) is 0 Å². The van der Waals surface area contributed by atoms with Gasteiger partial charge in [-0.1, -0.05) is 12.1 Å². The highest BCUT2D eigenvalue weighted by atomic mass is 19.3. The lowest BCUT2D eigenvalue weighted by molar-refractivity contribution is -0.124. The van der Waals surface area contributed by atoms with Crippen LogP contribution in [0.2, 0.25) is 0 Å². The highest BCUT2D eigenvalue weighted by Gasteiger charge is 2.46. The average Bonchev–Trinajstić information content (AvgIpc) is 2.82. The van der Waals surface area contributed by atoms with Crippen LogP contribution in [0.15, 0.2) is 18.2 Å². The molecule has 0 bridgehead atoms. The van der Waals surface area contributed by atoms with Gasteiger partial charge in [0.1, 0.15) is 11.9 Å². The summed E-state index contributed by atoms with van der Waals surface area (Å²) in [6.45, 7) is 1.86. The van der Waals surface area contributed by atoms with Crippen LogP contribution in [0.25, 0.3) is 0 Å². The number of alkyl halides is 2. The first kappa shape index (κ1) is 13.4. The lowest BCUT2D eigenvalue weighted by Crippen LogP contribution is -2.31. The molecule has 0 aromatic heterocycles. The van der Waals surface area contributed by atoms with Crippen LogP contribution in [0.4, 0.5) is 13.2 Å². The average molecular weight is 259 g/mol. The zero-order chi connectivity index (χ0) is 13.3. The Labute approximate surface area is 104 Å². The Kier molecular flexibility index (Phi) is 3.64. The minimum Gasteiger partial charge on any atom is -0.372 e. The van der Waals surface area contributed by atoms with Gasteiger partial charge in [-0.2, -0.15) is 8.78 Å². The Balaban J connectivity index is 2.40. The quantitative estimate of drug-likeness (QED) is 0.905. The molecule has 2 rings (SSSR count). The van der Waals surface area contributed by atoms with E-state index in [-0.39, 0.29) is 12.0 Å². The van der Waals surface area contributed by atoms with E-state index >= 15 is 0 Å². The van der Waals surface area contributed by atoms with E-state index in [1.54, 1.807) is 6.92 Å². The normalized spacial score (nSPS) is 22.2. The Morgan fingerprint density at radius 2 is 2.17 bits per heavy atom. The van der Waals surface area contributed by atoms with E-state index in [0.29, 0.717) is 13.0 Å². The number of rotatable bonds is 3. The van der Waals surface area contributed by atoms with E-state index in [4.69, 9.17) is 10.5 Å². The summed E-state index contributed by atoms with van der Waals surface area (Å²) in [6.07, 6.45) is -0.417. The SMILES string of the molecule is C[C@@H](N)c1cccc(C(F)(F)[C@@H]2CCCO2)c1F. The van der Waals surface area contributed by atoms with Crippen molar-refractivity contribution in [1.29, 1.82) is 0 Å². The monoisotopic (exact) mass is 259 g/mol. The largest absolute Gasteiger partial charge is 0.372 e. The van der Waals surface area contributed by atoms with Crippen molar-refractivity contribution >= 4 is 0 Å². The Morgan fingerprint density at radius 1 is 1.44 bits per heavy atom. The van der Waals surface area contributed by atoms with Gasteiger partial charge in [0, 0.05) is 18.2 Å². The smallest absolute Gasteiger partial charge is 0.301 e. The first-order valence-corrected chi connectivity index (χ1v) is 5.98. The summed E-state index contributed by atoms with van der Waals surface area (Å²) in [5.74, 6) is -4.24. The zero-order valence-electron chi connectivity index (χ0n) is 10.1. The summed E-state index contributed by atoms with van der Waals surface area (Å²) in [4.78, 5) is 0. The molecule has 5 heteroatoms. The summed E-state index contributed by atoms with van der Waals surface area (Å²) >= 11 is 0. The molecule has 1 aliphatic rings. The van der Waals surface area contributed by atoms with E-state index in [9.17, 15) is 13.2 Å². The molecule has 0 spiro atoms. The lowest BCUT2D eigenvalue weighted by Gasteiger charge is -2.24. The summed E-state index contributed by atoms with van der Waals surface area (Å²) in [7, 11) is 0. The maximum absolute atomic E-state index is 14.2. The van der Waals surface area contributed by atoms with Crippen LogP contribution in [0.3, 0.4) is 0 Å². The number of halogens is 3. The molecule has 18 heavy (non-hydrogen) atoms. The molecule has 0 amide bonds. The van der Waals surface area contributed by atoms with Crippen molar-refractivity contribution in [3.63, 3.8) is 0 Å². The Bertz CT molecular complexity index is 428. The fourth-order valence-corrected chi connectivity index (χ4v) is 2.20.